The van der Waals surface area contributed by atoms with Crippen LogP contribution in [0, 0.1) is 21.4 Å². The number of hydrogen-bond donors (Lipinski definition) is 2. The van der Waals surface area contributed by atoms with Gasteiger partial charge in [0.1, 0.15) is 16.7 Å². The number of nitrogens with one attached hydrogen (secondary N) is 1. The lowest BCUT2D eigenvalue weighted by Crippen LogP contribution is -2.23. The van der Waals surface area contributed by atoms with Gasteiger partial charge >= 0.3 is 11.7 Å². The van der Waals surface area contributed by atoms with Crippen LogP contribution in [0.4, 0.5) is 5.69 Å². The van der Waals surface area contributed by atoms with Crippen molar-refractivity contribution in [3.63, 3.8) is 0 Å². The van der Waals surface area contributed by atoms with Gasteiger partial charge in [0.15, 0.2) is 0 Å². The van der Waals surface area contributed by atoms with E-state index in [2.05, 4.69) is 4.98 Å². The first-order valence-electron chi connectivity index (χ1n) is 5.58. The fourth-order valence-corrected chi connectivity index (χ4v) is 1.30. The molecule has 0 radical (unpaired) electrons. The number of benzene rings is 1. The van der Waals surface area contributed by atoms with Crippen molar-refractivity contribution in [1.29, 1.82) is 5.26 Å². The van der Waals surface area contributed by atoms with Crippen LogP contribution in [0.1, 0.15) is 16.1 Å². The van der Waals surface area contributed by atoms with Crippen LogP contribution in [-0.4, -0.2) is 21.6 Å². The van der Waals surface area contributed by atoms with Crippen LogP contribution in [0.2, 0.25) is 0 Å². The molecule has 2 rings (SSSR count). The standard InChI is InChI=1S/C8H6N2O4.C5H4N2/c9-6-4-2-1-3-5(6)7(11)8(12)10(13)14;6-4-5-2-1-3-7-5/h1-4H,9H2;1-3,7H. The molecule has 0 aliphatic rings. The maximum atomic E-state index is 11.1. The van der Waals surface area contributed by atoms with Crippen LogP contribution < -0.4 is 5.73 Å². The van der Waals surface area contributed by atoms with Crippen molar-refractivity contribution < 1.29 is 14.5 Å². The number of Topliss-reactive ketones (excluding diaryl/α,β-unsaturated/α-hetero) is 1. The van der Waals surface area contributed by atoms with Gasteiger partial charge in [-0.25, -0.2) is 4.79 Å². The van der Waals surface area contributed by atoms with Crippen LogP contribution in [0.25, 0.3) is 0 Å². The molecule has 0 unspecified atom stereocenters. The maximum absolute atomic E-state index is 11.1. The zero-order chi connectivity index (χ0) is 15.8. The molecule has 3 N–H and O–H groups in total. The summed E-state index contributed by atoms with van der Waals surface area (Å²) in [4.78, 5) is 33.3. The van der Waals surface area contributed by atoms with E-state index >= 15 is 0 Å². The third kappa shape index (κ3) is 4.29. The monoisotopic (exact) mass is 286 g/mol. The molecule has 0 saturated heterocycles. The Hall–Kier alpha value is -3.47. The lowest BCUT2D eigenvalue weighted by atomic mass is 10.1. The minimum atomic E-state index is -1.68. The summed E-state index contributed by atoms with van der Waals surface area (Å²) in [5.41, 5.74) is 5.88. The summed E-state index contributed by atoms with van der Waals surface area (Å²) in [5, 5.41) is 18.2. The summed E-state index contributed by atoms with van der Waals surface area (Å²) < 4.78 is 0. The normalized spacial score (nSPS) is 8.90. The van der Waals surface area contributed by atoms with Crippen molar-refractivity contribution in [2.24, 2.45) is 0 Å². The van der Waals surface area contributed by atoms with Gasteiger partial charge in [0.25, 0.3) is 0 Å². The fraction of sp³-hybridized carbons (Fsp3) is 0. The summed E-state index contributed by atoms with van der Waals surface area (Å²) in [5.74, 6) is -2.88. The molecule has 1 heterocycles. The van der Waals surface area contributed by atoms with Gasteiger partial charge < -0.3 is 10.7 Å². The smallest absolute Gasteiger partial charge is 0.398 e. The SMILES string of the molecule is N#Cc1ccc[nH]1.Nc1ccccc1C(=O)C(=O)[N+](=O)[O-]. The van der Waals surface area contributed by atoms with E-state index in [-0.39, 0.29) is 11.3 Å². The number of aromatic amines is 1. The molecule has 0 aliphatic heterocycles. The highest BCUT2D eigenvalue weighted by atomic mass is 16.6. The quantitative estimate of drug-likeness (QED) is 0.278. The van der Waals surface area contributed by atoms with Gasteiger partial charge in [-0.3, -0.25) is 14.9 Å². The van der Waals surface area contributed by atoms with Crippen LogP contribution in [0.3, 0.4) is 0 Å². The third-order valence-corrected chi connectivity index (χ3v) is 2.28. The highest BCUT2D eigenvalue weighted by molar-refractivity contribution is 6.40. The first kappa shape index (κ1) is 15.6. The van der Waals surface area contributed by atoms with Crippen LogP contribution in [0.5, 0.6) is 0 Å². The van der Waals surface area contributed by atoms with E-state index in [0.29, 0.717) is 5.69 Å². The molecular weight excluding hydrogens is 276 g/mol. The predicted octanol–water partition coefficient (Wildman–Crippen LogP) is 1.14. The number of amides is 1. The number of ketones is 1. The number of nitro groups is 1. The van der Waals surface area contributed by atoms with Gasteiger partial charge in [-0.15, -0.1) is 0 Å². The van der Waals surface area contributed by atoms with Crippen LogP contribution in [-0.2, 0) is 4.79 Å². The summed E-state index contributed by atoms with van der Waals surface area (Å²) >= 11 is 0. The Labute approximate surface area is 119 Å². The number of carbonyl (C=O) groups excluding carboxylic acids is 2. The number of para-hydroxylation sites is 1. The van der Waals surface area contributed by atoms with Gasteiger partial charge in [0.05, 0.1) is 5.56 Å². The summed E-state index contributed by atoms with van der Waals surface area (Å²) in [7, 11) is 0. The fourth-order valence-electron chi connectivity index (χ4n) is 1.30. The average Bonchev–Trinajstić information content (AvgIpc) is 3.00. The Morgan fingerprint density at radius 1 is 1.24 bits per heavy atom. The second-order valence-electron chi connectivity index (χ2n) is 3.67. The predicted molar refractivity (Wildman–Crippen MR) is 72.7 cm³/mol. The van der Waals surface area contributed by atoms with E-state index in [1.165, 1.54) is 18.2 Å². The number of carbonyl (C=O) groups is 2. The summed E-state index contributed by atoms with van der Waals surface area (Å²) in [6.45, 7) is 0. The first-order valence-corrected chi connectivity index (χ1v) is 5.58. The topological polar surface area (TPSA) is 143 Å². The Bertz CT molecular complexity index is 701. The number of nitrogen functional groups attached to an aromatic ring is 1. The molecule has 106 valence electrons. The van der Waals surface area contributed by atoms with E-state index in [4.69, 9.17) is 11.0 Å². The van der Waals surface area contributed by atoms with E-state index in [0.717, 1.165) is 0 Å². The molecule has 0 saturated carbocycles. The van der Waals surface area contributed by atoms with Gasteiger partial charge in [-0.2, -0.15) is 5.26 Å². The molecule has 0 spiro atoms. The van der Waals surface area contributed by atoms with Crippen LogP contribution in [0.15, 0.2) is 42.6 Å². The van der Waals surface area contributed by atoms with Gasteiger partial charge in [-0.05, 0) is 24.3 Å². The number of nitriles is 1. The second-order valence-corrected chi connectivity index (χ2v) is 3.67. The average molecular weight is 286 g/mol. The number of H-pyrrole nitrogens is 1. The number of rotatable bonds is 2. The number of anilines is 1. The van der Waals surface area contributed by atoms with Gasteiger partial charge in [-0.1, -0.05) is 12.1 Å². The lowest BCUT2D eigenvalue weighted by Gasteiger charge is -1.98. The number of aromatic nitrogens is 1. The molecule has 8 nitrogen and oxygen atoms in total. The molecule has 1 amide bonds. The van der Waals surface area contributed by atoms with Crippen molar-refractivity contribution in [2.75, 3.05) is 5.73 Å². The van der Waals surface area contributed by atoms with Gasteiger partial charge in [0, 0.05) is 11.9 Å². The zero-order valence-electron chi connectivity index (χ0n) is 10.6. The van der Waals surface area contributed by atoms with Gasteiger partial charge in [0.2, 0.25) is 0 Å². The molecule has 0 atom stereocenters. The van der Waals surface area contributed by atoms with Crippen molar-refractivity contribution in [2.45, 2.75) is 0 Å². The molecule has 0 aliphatic carbocycles. The van der Waals surface area contributed by atoms with E-state index in [1.54, 1.807) is 24.4 Å². The maximum Gasteiger partial charge on any atom is 0.516 e. The molecular formula is C13H10N4O4. The minimum Gasteiger partial charge on any atom is -0.398 e. The molecule has 0 bridgehead atoms. The molecule has 1 aromatic carbocycles. The third-order valence-electron chi connectivity index (χ3n) is 2.28. The van der Waals surface area contributed by atoms with Crippen molar-refractivity contribution in [1.82, 2.24) is 4.98 Å². The lowest BCUT2D eigenvalue weighted by molar-refractivity contribution is -0.394. The molecule has 8 heteroatoms. The van der Waals surface area contributed by atoms with Crippen molar-refractivity contribution >= 4 is 17.4 Å². The Balaban J connectivity index is 0.000000262. The Morgan fingerprint density at radius 2 is 1.90 bits per heavy atom. The summed E-state index contributed by atoms with van der Waals surface area (Å²) in [6.07, 6.45) is 1.72. The molecule has 2 aromatic rings. The molecule has 0 fully saturated rings. The molecule has 21 heavy (non-hydrogen) atoms. The molecule has 1 aromatic heterocycles. The largest absolute Gasteiger partial charge is 0.516 e. The highest BCUT2D eigenvalue weighted by Crippen LogP contribution is 2.11. The number of nitrogens with zero attached hydrogens (tertiary/aromatic N) is 2. The van der Waals surface area contributed by atoms with E-state index in [9.17, 15) is 19.7 Å². The minimum absolute atomic E-state index is 0.0488. The van der Waals surface area contributed by atoms with E-state index in [1.807, 2.05) is 6.07 Å². The first-order chi connectivity index (χ1) is 9.97. The van der Waals surface area contributed by atoms with Crippen molar-refractivity contribution in [3.05, 3.63) is 64.0 Å². The highest BCUT2D eigenvalue weighted by Gasteiger charge is 2.29. The van der Waals surface area contributed by atoms with Crippen molar-refractivity contribution in [3.8, 4) is 6.07 Å². The zero-order valence-corrected chi connectivity index (χ0v) is 10.6. The van der Waals surface area contributed by atoms with Crippen LogP contribution >= 0.6 is 0 Å². The van der Waals surface area contributed by atoms with E-state index < -0.39 is 16.6 Å². The Kier molecular flexibility index (Phi) is 5.34. The second kappa shape index (κ2) is 7.20. The number of nitrogens with two attached hydrogens (primary N) is 1. The Morgan fingerprint density at radius 3 is 2.33 bits per heavy atom. The number of hydrogen-bond acceptors (Lipinski definition) is 6. The summed E-state index contributed by atoms with van der Waals surface area (Å²) in [6, 6.07) is 11.1.